The number of carboxylic acids is 1. The number of nitrogens with zero attached hydrogens (tertiary/aromatic N) is 1. The van der Waals surface area contributed by atoms with Gasteiger partial charge in [-0.2, -0.15) is 11.8 Å². The van der Waals surface area contributed by atoms with Gasteiger partial charge in [0.25, 0.3) is 0 Å². The molecule has 0 aromatic heterocycles. The van der Waals surface area contributed by atoms with Crippen molar-refractivity contribution >= 4 is 17.7 Å². The Balaban J connectivity index is 2.52. The van der Waals surface area contributed by atoms with Crippen molar-refractivity contribution in [3.05, 3.63) is 0 Å². The minimum absolute atomic E-state index is 0.275. The maximum Gasteiger partial charge on any atom is 0.320 e. The lowest BCUT2D eigenvalue weighted by molar-refractivity contribution is -0.143. The number of carbonyl (C=O) groups is 1. The summed E-state index contributed by atoms with van der Waals surface area (Å²) in [5, 5.41) is 9.53. The highest BCUT2D eigenvalue weighted by Crippen LogP contribution is 2.20. The summed E-state index contributed by atoms with van der Waals surface area (Å²) in [6.45, 7) is 5.92. The maximum atomic E-state index is 10.9. The molecule has 0 aromatic carbocycles. The Hall–Kier alpha value is -0.220. The second-order valence-corrected chi connectivity index (χ2v) is 4.98. The normalized spacial score (nSPS) is 27.1. The summed E-state index contributed by atoms with van der Waals surface area (Å²) in [7, 11) is 0. The van der Waals surface area contributed by atoms with Gasteiger partial charge < -0.3 is 5.11 Å². The zero-order chi connectivity index (χ0) is 9.84. The van der Waals surface area contributed by atoms with Gasteiger partial charge >= 0.3 is 5.97 Å². The van der Waals surface area contributed by atoms with E-state index in [4.69, 9.17) is 5.11 Å². The van der Waals surface area contributed by atoms with Crippen LogP contribution >= 0.6 is 11.8 Å². The van der Waals surface area contributed by atoms with Crippen LogP contribution in [-0.2, 0) is 4.79 Å². The van der Waals surface area contributed by atoms with Gasteiger partial charge in [0.15, 0.2) is 0 Å². The quantitative estimate of drug-likeness (QED) is 0.750. The van der Waals surface area contributed by atoms with Gasteiger partial charge in [0.05, 0.1) is 0 Å². The largest absolute Gasteiger partial charge is 0.480 e. The second kappa shape index (κ2) is 4.86. The lowest BCUT2D eigenvalue weighted by Crippen LogP contribution is -2.47. The van der Waals surface area contributed by atoms with Crippen molar-refractivity contribution in [3.63, 3.8) is 0 Å². The van der Waals surface area contributed by atoms with Gasteiger partial charge in [0.2, 0.25) is 0 Å². The van der Waals surface area contributed by atoms with Crippen LogP contribution in [0.15, 0.2) is 0 Å². The first kappa shape index (κ1) is 10.9. The molecule has 0 spiro atoms. The third-order valence-electron chi connectivity index (χ3n) is 2.39. The molecule has 0 aliphatic carbocycles. The molecule has 1 aliphatic heterocycles. The Morgan fingerprint density at radius 2 is 2.46 bits per heavy atom. The summed E-state index contributed by atoms with van der Waals surface area (Å²) in [6.07, 6.45) is 0.701. The van der Waals surface area contributed by atoms with Gasteiger partial charge in [-0.3, -0.25) is 9.69 Å². The molecule has 1 saturated heterocycles. The van der Waals surface area contributed by atoms with E-state index in [0.717, 1.165) is 18.8 Å². The van der Waals surface area contributed by atoms with Crippen molar-refractivity contribution < 1.29 is 9.90 Å². The van der Waals surface area contributed by atoms with Crippen molar-refractivity contribution in [2.45, 2.75) is 31.6 Å². The van der Waals surface area contributed by atoms with Gasteiger partial charge in [-0.05, 0) is 6.42 Å². The van der Waals surface area contributed by atoms with E-state index in [0.29, 0.717) is 11.7 Å². The summed E-state index contributed by atoms with van der Waals surface area (Å²) < 4.78 is 0. The SMILES string of the molecule is CCC(C(=O)O)N1CCSC(C)C1. The minimum Gasteiger partial charge on any atom is -0.480 e. The van der Waals surface area contributed by atoms with E-state index >= 15 is 0 Å². The van der Waals surface area contributed by atoms with Crippen molar-refractivity contribution in [2.24, 2.45) is 0 Å². The number of hydrogen-bond acceptors (Lipinski definition) is 3. The fraction of sp³-hybridized carbons (Fsp3) is 0.889. The standard InChI is InChI=1S/C9H17NO2S/c1-3-8(9(11)12)10-4-5-13-7(2)6-10/h7-8H,3-6H2,1-2H3,(H,11,12). The van der Waals surface area contributed by atoms with E-state index in [1.165, 1.54) is 0 Å². The molecular formula is C9H17NO2S. The molecule has 0 amide bonds. The molecule has 2 unspecified atom stereocenters. The maximum absolute atomic E-state index is 10.9. The Morgan fingerprint density at radius 1 is 1.77 bits per heavy atom. The highest BCUT2D eigenvalue weighted by molar-refractivity contribution is 7.99. The van der Waals surface area contributed by atoms with E-state index in [-0.39, 0.29) is 6.04 Å². The molecule has 1 N–H and O–H groups in total. The van der Waals surface area contributed by atoms with Crippen LogP contribution in [0.5, 0.6) is 0 Å². The monoisotopic (exact) mass is 203 g/mol. The van der Waals surface area contributed by atoms with Crippen LogP contribution in [0.4, 0.5) is 0 Å². The summed E-state index contributed by atoms with van der Waals surface area (Å²) in [4.78, 5) is 13.0. The third kappa shape index (κ3) is 2.88. The molecule has 1 rings (SSSR count). The summed E-state index contributed by atoms with van der Waals surface area (Å²) in [6, 6.07) is -0.275. The number of carboxylic acid groups (broad SMARTS) is 1. The molecule has 1 fully saturated rings. The van der Waals surface area contributed by atoms with E-state index in [1.54, 1.807) is 0 Å². The Labute approximate surface area is 83.5 Å². The fourth-order valence-electron chi connectivity index (χ4n) is 1.72. The average molecular weight is 203 g/mol. The molecule has 1 heterocycles. The smallest absolute Gasteiger partial charge is 0.320 e. The van der Waals surface area contributed by atoms with E-state index in [2.05, 4.69) is 11.8 Å². The first-order chi connectivity index (χ1) is 6.15. The van der Waals surface area contributed by atoms with Crippen molar-refractivity contribution in [1.82, 2.24) is 4.90 Å². The van der Waals surface area contributed by atoms with Crippen LogP contribution in [0.3, 0.4) is 0 Å². The van der Waals surface area contributed by atoms with Crippen LogP contribution in [0.2, 0.25) is 0 Å². The number of thioether (sulfide) groups is 1. The lowest BCUT2D eigenvalue weighted by Gasteiger charge is -2.34. The number of rotatable bonds is 3. The molecule has 2 atom stereocenters. The Kier molecular flexibility index (Phi) is 4.06. The van der Waals surface area contributed by atoms with E-state index in [1.807, 2.05) is 18.7 Å². The van der Waals surface area contributed by atoms with Crippen LogP contribution < -0.4 is 0 Å². The Bertz CT molecular complexity index is 186. The molecular weight excluding hydrogens is 186 g/mol. The molecule has 4 heteroatoms. The first-order valence-electron chi connectivity index (χ1n) is 4.73. The van der Waals surface area contributed by atoms with Gasteiger partial charge in [-0.1, -0.05) is 13.8 Å². The third-order valence-corrected chi connectivity index (χ3v) is 3.52. The second-order valence-electron chi connectivity index (χ2n) is 3.44. The fourth-order valence-corrected chi connectivity index (χ4v) is 2.76. The van der Waals surface area contributed by atoms with Crippen LogP contribution in [0.1, 0.15) is 20.3 Å². The minimum atomic E-state index is -0.679. The number of aliphatic carboxylic acids is 1. The van der Waals surface area contributed by atoms with Gasteiger partial charge in [-0.15, -0.1) is 0 Å². The molecule has 3 nitrogen and oxygen atoms in total. The first-order valence-corrected chi connectivity index (χ1v) is 5.78. The molecule has 0 bridgehead atoms. The van der Waals surface area contributed by atoms with Gasteiger partial charge in [0.1, 0.15) is 6.04 Å². The number of hydrogen-bond donors (Lipinski definition) is 1. The molecule has 0 saturated carbocycles. The Morgan fingerprint density at radius 3 is 2.92 bits per heavy atom. The van der Waals surface area contributed by atoms with E-state index in [9.17, 15) is 4.79 Å². The van der Waals surface area contributed by atoms with Gasteiger partial charge in [0, 0.05) is 24.1 Å². The summed E-state index contributed by atoms with van der Waals surface area (Å²) in [5.74, 6) is 0.381. The van der Waals surface area contributed by atoms with Crippen molar-refractivity contribution in [1.29, 1.82) is 0 Å². The van der Waals surface area contributed by atoms with Crippen LogP contribution in [-0.4, -0.2) is 46.1 Å². The molecule has 76 valence electrons. The predicted molar refractivity (Wildman–Crippen MR) is 55.2 cm³/mol. The highest BCUT2D eigenvalue weighted by Gasteiger charge is 2.27. The molecule has 0 aromatic rings. The highest BCUT2D eigenvalue weighted by atomic mass is 32.2. The van der Waals surface area contributed by atoms with Crippen molar-refractivity contribution in [2.75, 3.05) is 18.8 Å². The summed E-state index contributed by atoms with van der Waals surface area (Å²) in [5.41, 5.74) is 0. The molecule has 13 heavy (non-hydrogen) atoms. The average Bonchev–Trinajstić information content (AvgIpc) is 2.04. The van der Waals surface area contributed by atoms with Crippen molar-refractivity contribution in [3.8, 4) is 0 Å². The molecule has 0 radical (unpaired) electrons. The topological polar surface area (TPSA) is 40.5 Å². The zero-order valence-corrected chi connectivity index (χ0v) is 9.01. The predicted octanol–water partition coefficient (Wildman–Crippen LogP) is 1.29. The van der Waals surface area contributed by atoms with E-state index < -0.39 is 5.97 Å². The molecule has 1 aliphatic rings. The van der Waals surface area contributed by atoms with Crippen LogP contribution in [0, 0.1) is 0 Å². The van der Waals surface area contributed by atoms with Crippen LogP contribution in [0.25, 0.3) is 0 Å². The summed E-state index contributed by atoms with van der Waals surface area (Å²) >= 11 is 1.93. The van der Waals surface area contributed by atoms with Gasteiger partial charge in [-0.25, -0.2) is 0 Å². The lowest BCUT2D eigenvalue weighted by atomic mass is 10.2. The zero-order valence-electron chi connectivity index (χ0n) is 8.19.